The van der Waals surface area contributed by atoms with Crippen molar-refractivity contribution >= 4 is 27.3 Å². The van der Waals surface area contributed by atoms with Crippen LogP contribution in [0.1, 0.15) is 5.56 Å². The molecule has 0 bridgehead atoms. The van der Waals surface area contributed by atoms with Crippen LogP contribution in [0.15, 0.2) is 41.1 Å². The van der Waals surface area contributed by atoms with Gasteiger partial charge in [-0.2, -0.15) is 0 Å². The highest BCUT2D eigenvalue weighted by Gasteiger charge is 2.07. The van der Waals surface area contributed by atoms with Crippen LogP contribution in [0.2, 0.25) is 0 Å². The molecule has 0 atom stereocenters. The van der Waals surface area contributed by atoms with Gasteiger partial charge in [0.25, 0.3) is 0 Å². The summed E-state index contributed by atoms with van der Waals surface area (Å²) in [7, 11) is 1.91. The third-order valence-corrected chi connectivity index (χ3v) is 3.08. The molecule has 0 saturated carbocycles. The number of nitrogens with two attached hydrogens (primary N) is 1. The van der Waals surface area contributed by atoms with E-state index in [9.17, 15) is 4.39 Å². The van der Waals surface area contributed by atoms with Crippen molar-refractivity contribution in [3.8, 4) is 0 Å². The molecule has 0 aliphatic carbocycles. The summed E-state index contributed by atoms with van der Waals surface area (Å²) in [5.41, 5.74) is 8.33. The van der Waals surface area contributed by atoms with E-state index in [1.165, 1.54) is 12.3 Å². The summed E-state index contributed by atoms with van der Waals surface area (Å²) in [5, 5.41) is 0. The molecule has 2 N–H and O–H groups in total. The summed E-state index contributed by atoms with van der Waals surface area (Å²) in [6.07, 6.45) is 2.84. The molecule has 1 aromatic heterocycles. The van der Waals surface area contributed by atoms with Crippen LogP contribution in [-0.2, 0) is 6.54 Å². The highest BCUT2D eigenvalue weighted by Crippen LogP contribution is 2.26. The van der Waals surface area contributed by atoms with Crippen LogP contribution in [0.4, 0.5) is 15.8 Å². The molecule has 0 aliphatic heterocycles. The third kappa shape index (κ3) is 2.98. The molecule has 1 aromatic carbocycles. The van der Waals surface area contributed by atoms with Gasteiger partial charge in [0, 0.05) is 24.3 Å². The number of anilines is 2. The van der Waals surface area contributed by atoms with Crippen molar-refractivity contribution in [3.63, 3.8) is 0 Å². The first-order valence-electron chi connectivity index (χ1n) is 5.42. The van der Waals surface area contributed by atoms with Crippen molar-refractivity contribution in [1.29, 1.82) is 0 Å². The zero-order valence-corrected chi connectivity index (χ0v) is 11.5. The minimum atomic E-state index is -0.329. The molecule has 2 aromatic rings. The smallest absolute Gasteiger partial charge is 0.141 e. The lowest BCUT2D eigenvalue weighted by Gasteiger charge is -2.21. The molecule has 94 valence electrons. The first kappa shape index (κ1) is 12.8. The molecule has 1 heterocycles. The van der Waals surface area contributed by atoms with Crippen LogP contribution in [0.5, 0.6) is 0 Å². The Balaban J connectivity index is 2.19. The van der Waals surface area contributed by atoms with E-state index in [0.717, 1.165) is 15.7 Å². The maximum absolute atomic E-state index is 13.0. The molecule has 0 spiro atoms. The number of pyridine rings is 1. The fourth-order valence-corrected chi connectivity index (χ4v) is 2.15. The molecule has 0 radical (unpaired) electrons. The standard InChI is InChI=1S/C13H13BrFN3/c1-18(8-9-4-11(15)7-17-6-9)13-3-2-10(14)5-12(13)16/h2-7H,8,16H2,1H3. The summed E-state index contributed by atoms with van der Waals surface area (Å²) in [6, 6.07) is 7.16. The summed E-state index contributed by atoms with van der Waals surface area (Å²) < 4.78 is 14.0. The minimum absolute atomic E-state index is 0.329. The Morgan fingerprint density at radius 2 is 2.11 bits per heavy atom. The Labute approximate surface area is 114 Å². The molecular formula is C13H13BrFN3. The number of halogens is 2. The molecular weight excluding hydrogens is 297 g/mol. The van der Waals surface area contributed by atoms with E-state index < -0.39 is 0 Å². The Bertz CT molecular complexity index is 560. The Kier molecular flexibility index (Phi) is 3.81. The summed E-state index contributed by atoms with van der Waals surface area (Å²) in [6.45, 7) is 0.552. The second-order valence-corrected chi connectivity index (χ2v) is 4.99. The average molecular weight is 310 g/mol. The van der Waals surface area contributed by atoms with Gasteiger partial charge in [0.15, 0.2) is 0 Å². The van der Waals surface area contributed by atoms with E-state index in [1.807, 2.05) is 30.1 Å². The fourth-order valence-electron chi connectivity index (χ4n) is 1.77. The molecule has 2 rings (SSSR count). The van der Waals surface area contributed by atoms with Gasteiger partial charge in [0.1, 0.15) is 5.82 Å². The third-order valence-electron chi connectivity index (χ3n) is 2.58. The lowest BCUT2D eigenvalue weighted by molar-refractivity contribution is 0.618. The highest BCUT2D eigenvalue weighted by molar-refractivity contribution is 9.10. The number of benzene rings is 1. The predicted octanol–water partition coefficient (Wildman–Crippen LogP) is 3.20. The van der Waals surface area contributed by atoms with Crippen molar-refractivity contribution in [2.24, 2.45) is 0 Å². The number of rotatable bonds is 3. The SMILES string of the molecule is CN(Cc1cncc(F)c1)c1ccc(Br)cc1N. The number of nitrogen functional groups attached to an aromatic ring is 1. The van der Waals surface area contributed by atoms with Crippen LogP contribution in [-0.4, -0.2) is 12.0 Å². The van der Waals surface area contributed by atoms with Crippen LogP contribution in [0.25, 0.3) is 0 Å². The van der Waals surface area contributed by atoms with E-state index >= 15 is 0 Å². The molecule has 0 aliphatic rings. The van der Waals surface area contributed by atoms with Crippen molar-refractivity contribution in [2.75, 3.05) is 17.7 Å². The maximum atomic E-state index is 13.0. The quantitative estimate of drug-likeness (QED) is 0.885. The summed E-state index contributed by atoms with van der Waals surface area (Å²) in [4.78, 5) is 5.78. The van der Waals surface area contributed by atoms with E-state index in [1.54, 1.807) is 6.20 Å². The lowest BCUT2D eigenvalue weighted by atomic mass is 10.2. The molecule has 5 heteroatoms. The largest absolute Gasteiger partial charge is 0.397 e. The summed E-state index contributed by atoms with van der Waals surface area (Å²) in [5.74, 6) is -0.329. The van der Waals surface area contributed by atoms with Gasteiger partial charge in [0.2, 0.25) is 0 Å². The van der Waals surface area contributed by atoms with Gasteiger partial charge in [0.05, 0.1) is 17.6 Å². The summed E-state index contributed by atoms with van der Waals surface area (Å²) >= 11 is 3.36. The van der Waals surface area contributed by atoms with Crippen LogP contribution in [0, 0.1) is 5.82 Å². The molecule has 0 saturated heterocycles. The highest BCUT2D eigenvalue weighted by atomic mass is 79.9. The van der Waals surface area contributed by atoms with Crippen molar-refractivity contribution in [1.82, 2.24) is 4.98 Å². The molecule has 0 amide bonds. The van der Waals surface area contributed by atoms with Crippen molar-refractivity contribution < 1.29 is 4.39 Å². The fraction of sp³-hybridized carbons (Fsp3) is 0.154. The van der Waals surface area contributed by atoms with Gasteiger partial charge in [-0.3, -0.25) is 4.98 Å². The first-order valence-corrected chi connectivity index (χ1v) is 6.21. The van der Waals surface area contributed by atoms with Gasteiger partial charge < -0.3 is 10.6 Å². The van der Waals surface area contributed by atoms with E-state index in [0.29, 0.717) is 12.2 Å². The van der Waals surface area contributed by atoms with Crippen LogP contribution in [0.3, 0.4) is 0 Å². The van der Waals surface area contributed by atoms with Gasteiger partial charge in [-0.1, -0.05) is 15.9 Å². The molecule has 0 fully saturated rings. The molecule has 0 unspecified atom stereocenters. The van der Waals surface area contributed by atoms with Crippen molar-refractivity contribution in [3.05, 3.63) is 52.5 Å². The van der Waals surface area contributed by atoms with E-state index in [2.05, 4.69) is 20.9 Å². The Hall–Kier alpha value is -1.62. The van der Waals surface area contributed by atoms with E-state index in [-0.39, 0.29) is 5.82 Å². The second kappa shape index (κ2) is 5.35. The number of aromatic nitrogens is 1. The Morgan fingerprint density at radius 3 is 2.78 bits per heavy atom. The lowest BCUT2D eigenvalue weighted by Crippen LogP contribution is -2.18. The predicted molar refractivity (Wildman–Crippen MR) is 74.9 cm³/mol. The van der Waals surface area contributed by atoms with Gasteiger partial charge >= 0.3 is 0 Å². The maximum Gasteiger partial charge on any atom is 0.141 e. The first-order chi connectivity index (χ1) is 8.56. The average Bonchev–Trinajstić information content (AvgIpc) is 2.28. The van der Waals surface area contributed by atoms with Gasteiger partial charge in [-0.15, -0.1) is 0 Å². The molecule has 18 heavy (non-hydrogen) atoms. The number of hydrogen-bond donors (Lipinski definition) is 1. The minimum Gasteiger partial charge on any atom is -0.397 e. The van der Waals surface area contributed by atoms with Crippen molar-refractivity contribution in [2.45, 2.75) is 6.54 Å². The normalized spacial score (nSPS) is 10.4. The monoisotopic (exact) mass is 309 g/mol. The Morgan fingerprint density at radius 1 is 1.33 bits per heavy atom. The van der Waals surface area contributed by atoms with Crippen LogP contribution < -0.4 is 10.6 Å². The van der Waals surface area contributed by atoms with Gasteiger partial charge in [-0.05, 0) is 29.8 Å². The van der Waals surface area contributed by atoms with E-state index in [4.69, 9.17) is 5.73 Å². The zero-order valence-electron chi connectivity index (χ0n) is 9.90. The van der Waals surface area contributed by atoms with Gasteiger partial charge in [-0.25, -0.2) is 4.39 Å². The molecule has 3 nitrogen and oxygen atoms in total. The van der Waals surface area contributed by atoms with Crippen LogP contribution >= 0.6 is 15.9 Å². The number of nitrogens with zero attached hydrogens (tertiary/aromatic N) is 2. The number of hydrogen-bond acceptors (Lipinski definition) is 3. The zero-order chi connectivity index (χ0) is 13.1. The topological polar surface area (TPSA) is 42.2 Å². The second-order valence-electron chi connectivity index (χ2n) is 4.07.